The van der Waals surface area contributed by atoms with Gasteiger partial charge in [0.1, 0.15) is 0 Å². The topological polar surface area (TPSA) is 46.9 Å². The van der Waals surface area contributed by atoms with E-state index < -0.39 is 0 Å². The van der Waals surface area contributed by atoms with Crippen LogP contribution < -0.4 is 5.32 Å². The lowest BCUT2D eigenvalue weighted by atomic mass is 9.95. The number of nitrogens with one attached hydrogen (secondary N) is 1. The predicted molar refractivity (Wildman–Crippen MR) is 80.1 cm³/mol. The van der Waals surface area contributed by atoms with Gasteiger partial charge >= 0.3 is 0 Å². The number of aryl methyl sites for hydroxylation is 1. The van der Waals surface area contributed by atoms with E-state index in [0.29, 0.717) is 5.69 Å². The number of rotatable bonds is 2. The number of para-hydroxylation sites is 1. The highest BCUT2D eigenvalue weighted by molar-refractivity contribution is 6.21. The number of nitrogens with zero attached hydrogens (tertiary/aromatic N) is 2. The second-order valence-electron chi connectivity index (χ2n) is 5.37. The molecule has 1 aliphatic carbocycles. The standard InChI is InChI=1S/C15H18ClN3O/c1-19-13-9-5-2-6-10(13)14(18-19)15(20)17-12-8-4-3-7-11(12)16/h2,5-6,9,11-12H,3-4,7-8H2,1H3,(H,17,20). The van der Waals surface area contributed by atoms with Gasteiger partial charge in [0.2, 0.25) is 0 Å². The Bertz CT molecular complexity index is 637. The molecule has 1 aliphatic rings. The van der Waals surface area contributed by atoms with Gasteiger partial charge in [-0.25, -0.2) is 0 Å². The third-order valence-electron chi connectivity index (χ3n) is 3.97. The lowest BCUT2D eigenvalue weighted by molar-refractivity contribution is 0.0924. The summed E-state index contributed by atoms with van der Waals surface area (Å²) in [7, 11) is 1.85. The fourth-order valence-corrected chi connectivity index (χ4v) is 3.21. The van der Waals surface area contributed by atoms with Crippen molar-refractivity contribution in [2.24, 2.45) is 7.05 Å². The molecule has 0 spiro atoms. The number of halogens is 1. The minimum atomic E-state index is -0.126. The highest BCUT2D eigenvalue weighted by Crippen LogP contribution is 2.24. The summed E-state index contributed by atoms with van der Waals surface area (Å²) < 4.78 is 1.74. The van der Waals surface area contributed by atoms with E-state index in [1.807, 2.05) is 31.3 Å². The van der Waals surface area contributed by atoms with Gasteiger partial charge in [0, 0.05) is 18.5 Å². The van der Waals surface area contributed by atoms with Crippen LogP contribution in [0.3, 0.4) is 0 Å². The average molecular weight is 292 g/mol. The summed E-state index contributed by atoms with van der Waals surface area (Å²) in [5.74, 6) is -0.126. The van der Waals surface area contributed by atoms with Gasteiger partial charge in [-0.1, -0.05) is 31.0 Å². The summed E-state index contributed by atoms with van der Waals surface area (Å²) in [5, 5.41) is 8.30. The van der Waals surface area contributed by atoms with Crippen LogP contribution in [0.1, 0.15) is 36.2 Å². The molecule has 1 saturated carbocycles. The highest BCUT2D eigenvalue weighted by Gasteiger charge is 2.26. The van der Waals surface area contributed by atoms with Crippen LogP contribution in [-0.4, -0.2) is 27.1 Å². The SMILES string of the molecule is Cn1nc(C(=O)NC2CCCCC2Cl)c2ccccc21. The summed E-state index contributed by atoms with van der Waals surface area (Å²) in [5.41, 5.74) is 1.45. The molecule has 1 aromatic carbocycles. The molecular weight excluding hydrogens is 274 g/mol. The molecule has 1 heterocycles. The third kappa shape index (κ3) is 2.40. The molecular formula is C15H18ClN3O. The van der Waals surface area contributed by atoms with Crippen LogP contribution in [-0.2, 0) is 7.05 Å². The second-order valence-corrected chi connectivity index (χ2v) is 5.93. The molecule has 1 amide bonds. The lowest BCUT2D eigenvalue weighted by Gasteiger charge is -2.27. The minimum Gasteiger partial charge on any atom is -0.346 e. The van der Waals surface area contributed by atoms with E-state index in [-0.39, 0.29) is 17.3 Å². The third-order valence-corrected chi connectivity index (χ3v) is 4.49. The Morgan fingerprint density at radius 1 is 1.35 bits per heavy atom. The van der Waals surface area contributed by atoms with Gasteiger partial charge in [0.15, 0.2) is 5.69 Å². The smallest absolute Gasteiger partial charge is 0.272 e. The van der Waals surface area contributed by atoms with Crippen molar-refractivity contribution in [2.45, 2.75) is 37.1 Å². The van der Waals surface area contributed by atoms with Crippen LogP contribution in [0.25, 0.3) is 10.9 Å². The van der Waals surface area contributed by atoms with Gasteiger partial charge in [-0.3, -0.25) is 9.48 Å². The molecule has 1 N–H and O–H groups in total. The number of hydrogen-bond donors (Lipinski definition) is 1. The van der Waals surface area contributed by atoms with Crippen molar-refractivity contribution in [3.63, 3.8) is 0 Å². The van der Waals surface area contributed by atoms with E-state index in [4.69, 9.17) is 11.6 Å². The van der Waals surface area contributed by atoms with Gasteiger partial charge in [-0.2, -0.15) is 5.10 Å². The Hall–Kier alpha value is -1.55. The zero-order valence-electron chi connectivity index (χ0n) is 11.5. The molecule has 0 bridgehead atoms. The van der Waals surface area contributed by atoms with Gasteiger partial charge in [0.25, 0.3) is 5.91 Å². The Morgan fingerprint density at radius 2 is 2.10 bits per heavy atom. The Labute approximate surface area is 123 Å². The normalized spacial score (nSPS) is 22.9. The van der Waals surface area contributed by atoms with E-state index in [0.717, 1.165) is 36.6 Å². The number of carbonyl (C=O) groups is 1. The van der Waals surface area contributed by atoms with Gasteiger partial charge in [0.05, 0.1) is 10.9 Å². The zero-order chi connectivity index (χ0) is 14.1. The molecule has 2 aromatic rings. The second kappa shape index (κ2) is 5.44. The molecule has 5 heteroatoms. The molecule has 4 nitrogen and oxygen atoms in total. The van der Waals surface area contributed by atoms with E-state index >= 15 is 0 Å². The largest absolute Gasteiger partial charge is 0.346 e. The summed E-state index contributed by atoms with van der Waals surface area (Å²) in [4.78, 5) is 12.4. The van der Waals surface area contributed by atoms with E-state index in [2.05, 4.69) is 10.4 Å². The summed E-state index contributed by atoms with van der Waals surface area (Å²) in [6.45, 7) is 0. The maximum absolute atomic E-state index is 12.4. The molecule has 1 aromatic heterocycles. The van der Waals surface area contributed by atoms with Gasteiger partial charge < -0.3 is 5.32 Å². The van der Waals surface area contributed by atoms with Crippen LogP contribution in [0.4, 0.5) is 0 Å². The molecule has 20 heavy (non-hydrogen) atoms. The van der Waals surface area contributed by atoms with Crippen LogP contribution in [0.15, 0.2) is 24.3 Å². The van der Waals surface area contributed by atoms with Crippen molar-refractivity contribution in [3.8, 4) is 0 Å². The molecule has 106 valence electrons. The number of aromatic nitrogens is 2. The first-order valence-electron chi connectivity index (χ1n) is 7.03. The van der Waals surface area contributed by atoms with Crippen molar-refractivity contribution in [1.82, 2.24) is 15.1 Å². The molecule has 0 saturated heterocycles. The van der Waals surface area contributed by atoms with E-state index in [1.165, 1.54) is 0 Å². The Balaban J connectivity index is 1.85. The fraction of sp³-hybridized carbons (Fsp3) is 0.467. The molecule has 1 fully saturated rings. The predicted octanol–water partition coefficient (Wildman–Crippen LogP) is 2.85. The maximum atomic E-state index is 12.4. The van der Waals surface area contributed by atoms with Crippen LogP contribution >= 0.6 is 11.6 Å². The number of carbonyl (C=O) groups excluding carboxylic acids is 1. The van der Waals surface area contributed by atoms with Crippen molar-refractivity contribution < 1.29 is 4.79 Å². The number of fused-ring (bicyclic) bond motifs is 1. The number of amides is 1. The molecule has 3 rings (SSSR count). The van der Waals surface area contributed by atoms with E-state index in [9.17, 15) is 4.79 Å². The van der Waals surface area contributed by atoms with Crippen molar-refractivity contribution >= 4 is 28.4 Å². The summed E-state index contributed by atoms with van der Waals surface area (Å²) in [6.07, 6.45) is 4.18. The van der Waals surface area contributed by atoms with Crippen LogP contribution in [0.5, 0.6) is 0 Å². The first kappa shape index (κ1) is 13.4. The molecule has 2 unspecified atom stereocenters. The van der Waals surface area contributed by atoms with Crippen LogP contribution in [0, 0.1) is 0 Å². The Morgan fingerprint density at radius 3 is 2.90 bits per heavy atom. The number of hydrogen-bond acceptors (Lipinski definition) is 2. The van der Waals surface area contributed by atoms with Gasteiger partial charge in [-0.05, 0) is 18.9 Å². The maximum Gasteiger partial charge on any atom is 0.272 e. The number of alkyl halides is 1. The molecule has 0 aliphatic heterocycles. The lowest BCUT2D eigenvalue weighted by Crippen LogP contribution is -2.43. The van der Waals surface area contributed by atoms with Crippen LogP contribution in [0.2, 0.25) is 0 Å². The van der Waals surface area contributed by atoms with Crippen molar-refractivity contribution in [2.75, 3.05) is 0 Å². The first-order valence-corrected chi connectivity index (χ1v) is 7.47. The van der Waals surface area contributed by atoms with Crippen molar-refractivity contribution in [3.05, 3.63) is 30.0 Å². The molecule has 0 radical (unpaired) electrons. The minimum absolute atomic E-state index is 0.0303. The average Bonchev–Trinajstić information content (AvgIpc) is 2.79. The molecule has 2 atom stereocenters. The van der Waals surface area contributed by atoms with Gasteiger partial charge in [-0.15, -0.1) is 11.6 Å². The fourth-order valence-electron chi connectivity index (χ4n) is 2.87. The Kier molecular flexibility index (Phi) is 3.66. The monoisotopic (exact) mass is 291 g/mol. The summed E-state index contributed by atoms with van der Waals surface area (Å²) in [6, 6.07) is 7.81. The zero-order valence-corrected chi connectivity index (χ0v) is 12.2. The van der Waals surface area contributed by atoms with Crippen molar-refractivity contribution in [1.29, 1.82) is 0 Å². The first-order chi connectivity index (χ1) is 9.66. The van der Waals surface area contributed by atoms with E-state index in [1.54, 1.807) is 4.68 Å². The summed E-state index contributed by atoms with van der Waals surface area (Å²) >= 11 is 6.30. The number of benzene rings is 1. The highest BCUT2D eigenvalue weighted by atomic mass is 35.5. The quantitative estimate of drug-likeness (QED) is 0.865.